The van der Waals surface area contributed by atoms with Gasteiger partial charge in [0.25, 0.3) is 0 Å². The van der Waals surface area contributed by atoms with E-state index in [0.29, 0.717) is 31.1 Å². The van der Waals surface area contributed by atoms with Crippen molar-refractivity contribution in [3.63, 3.8) is 0 Å². The Kier molecular flexibility index (Phi) is 8.06. The second-order valence-corrected chi connectivity index (χ2v) is 6.19. The van der Waals surface area contributed by atoms with Crippen molar-refractivity contribution in [2.24, 2.45) is 11.7 Å². The molecule has 0 spiro atoms. The molecule has 146 valence electrons. The van der Waals surface area contributed by atoms with Crippen molar-refractivity contribution in [1.82, 2.24) is 5.32 Å². The maximum Gasteiger partial charge on any atom is 0.387 e. The number of hydrogen-bond acceptors (Lipinski definition) is 5. The van der Waals surface area contributed by atoms with Crippen LogP contribution in [0.3, 0.4) is 0 Å². The summed E-state index contributed by atoms with van der Waals surface area (Å²) in [5, 5.41) is 2.70. The van der Waals surface area contributed by atoms with Crippen LogP contribution in [-0.2, 0) is 16.1 Å². The van der Waals surface area contributed by atoms with Crippen molar-refractivity contribution in [3.8, 4) is 11.5 Å². The highest BCUT2D eigenvalue weighted by Crippen LogP contribution is 2.27. The first kappa shape index (κ1) is 20.4. The van der Waals surface area contributed by atoms with Crippen LogP contribution in [0.4, 0.5) is 8.78 Å². The number of hydrogen-bond donors (Lipinski definition) is 2. The number of alkyl halides is 2. The van der Waals surface area contributed by atoms with E-state index in [2.05, 4.69) is 10.1 Å². The Morgan fingerprint density at radius 3 is 2.77 bits per heavy atom. The van der Waals surface area contributed by atoms with E-state index in [1.165, 1.54) is 6.07 Å². The standard InChI is InChI=1S/C18H26F2N2O4/c1-2-7-25-14-4-3-13(15(10-14)26-18(19)20)11-22-17(23)16(21)12-5-8-24-9-6-12/h3-4,10,12,16,18H,2,5-9,11,21H2,1H3,(H,22,23). The molecule has 1 amide bonds. The number of carbonyl (C=O) groups excluding carboxylic acids is 1. The van der Waals surface area contributed by atoms with Crippen LogP contribution in [0, 0.1) is 5.92 Å². The Hall–Kier alpha value is -1.93. The summed E-state index contributed by atoms with van der Waals surface area (Å²) >= 11 is 0. The molecule has 3 N–H and O–H groups in total. The van der Waals surface area contributed by atoms with Gasteiger partial charge < -0.3 is 25.3 Å². The van der Waals surface area contributed by atoms with Crippen molar-refractivity contribution in [1.29, 1.82) is 0 Å². The van der Waals surface area contributed by atoms with Gasteiger partial charge in [0.2, 0.25) is 5.91 Å². The van der Waals surface area contributed by atoms with Crippen LogP contribution in [0.1, 0.15) is 31.7 Å². The van der Waals surface area contributed by atoms with Crippen molar-refractivity contribution < 1.29 is 27.8 Å². The number of nitrogens with two attached hydrogens (primary N) is 1. The van der Waals surface area contributed by atoms with E-state index >= 15 is 0 Å². The lowest BCUT2D eigenvalue weighted by Gasteiger charge is -2.26. The molecule has 6 nitrogen and oxygen atoms in total. The second-order valence-electron chi connectivity index (χ2n) is 6.19. The molecule has 0 bridgehead atoms. The highest BCUT2D eigenvalue weighted by Gasteiger charge is 2.26. The third-order valence-electron chi connectivity index (χ3n) is 4.26. The molecular weight excluding hydrogens is 346 g/mol. The summed E-state index contributed by atoms with van der Waals surface area (Å²) in [5.41, 5.74) is 6.45. The fraction of sp³-hybridized carbons (Fsp3) is 0.611. The zero-order valence-corrected chi connectivity index (χ0v) is 14.9. The van der Waals surface area contributed by atoms with Gasteiger partial charge in [0.05, 0.1) is 12.6 Å². The second kappa shape index (κ2) is 10.3. The van der Waals surface area contributed by atoms with Gasteiger partial charge in [-0.2, -0.15) is 8.78 Å². The van der Waals surface area contributed by atoms with Crippen LogP contribution in [0.15, 0.2) is 18.2 Å². The van der Waals surface area contributed by atoms with Crippen LogP contribution < -0.4 is 20.5 Å². The molecule has 1 saturated heterocycles. The van der Waals surface area contributed by atoms with Crippen molar-refractivity contribution in [2.45, 2.75) is 45.4 Å². The molecule has 0 saturated carbocycles. The fourth-order valence-electron chi connectivity index (χ4n) is 2.79. The molecule has 2 rings (SSSR count). The topological polar surface area (TPSA) is 82.8 Å². The van der Waals surface area contributed by atoms with Gasteiger partial charge in [-0.1, -0.05) is 6.92 Å². The van der Waals surface area contributed by atoms with Gasteiger partial charge in [-0.15, -0.1) is 0 Å². The van der Waals surface area contributed by atoms with Gasteiger partial charge >= 0.3 is 6.61 Å². The number of ether oxygens (including phenoxy) is 3. The molecular formula is C18H26F2N2O4. The first-order valence-electron chi connectivity index (χ1n) is 8.82. The van der Waals surface area contributed by atoms with Crippen molar-refractivity contribution >= 4 is 5.91 Å². The summed E-state index contributed by atoms with van der Waals surface area (Å²) in [5.74, 6) is 0.168. The first-order chi connectivity index (χ1) is 12.5. The van der Waals surface area contributed by atoms with Crippen LogP contribution >= 0.6 is 0 Å². The monoisotopic (exact) mass is 372 g/mol. The number of rotatable bonds is 9. The molecule has 1 aromatic rings. The first-order valence-corrected chi connectivity index (χ1v) is 8.82. The van der Waals surface area contributed by atoms with Crippen LogP contribution in [0.25, 0.3) is 0 Å². The Balaban J connectivity index is 1.98. The molecule has 1 unspecified atom stereocenters. The van der Waals surface area contributed by atoms with Gasteiger partial charge in [0, 0.05) is 31.4 Å². The number of carbonyl (C=O) groups is 1. The lowest BCUT2D eigenvalue weighted by Crippen LogP contribution is -2.46. The van der Waals surface area contributed by atoms with E-state index in [1.807, 2.05) is 6.92 Å². The van der Waals surface area contributed by atoms with E-state index in [9.17, 15) is 13.6 Å². The lowest BCUT2D eigenvalue weighted by molar-refractivity contribution is -0.124. The molecule has 8 heteroatoms. The number of amides is 1. The summed E-state index contributed by atoms with van der Waals surface area (Å²) in [6, 6.07) is 4.02. The molecule has 0 aromatic heterocycles. The average Bonchev–Trinajstić information content (AvgIpc) is 2.65. The third kappa shape index (κ3) is 6.10. The average molecular weight is 372 g/mol. The van der Waals surface area contributed by atoms with Gasteiger partial charge in [-0.3, -0.25) is 4.79 Å². The smallest absolute Gasteiger partial charge is 0.387 e. The highest BCUT2D eigenvalue weighted by atomic mass is 19.3. The molecule has 1 atom stereocenters. The Morgan fingerprint density at radius 2 is 2.12 bits per heavy atom. The minimum absolute atomic E-state index is 0.0199. The van der Waals surface area contributed by atoms with Crippen molar-refractivity contribution in [3.05, 3.63) is 23.8 Å². The number of nitrogens with one attached hydrogen (secondary N) is 1. The molecule has 1 aromatic carbocycles. The fourth-order valence-corrected chi connectivity index (χ4v) is 2.79. The predicted molar refractivity (Wildman–Crippen MR) is 92.2 cm³/mol. The molecule has 0 radical (unpaired) electrons. The summed E-state index contributed by atoms with van der Waals surface area (Å²) < 4.78 is 40.6. The molecule has 1 heterocycles. The van der Waals surface area contributed by atoms with E-state index in [1.54, 1.807) is 12.1 Å². The lowest BCUT2D eigenvalue weighted by atomic mass is 9.92. The van der Waals surface area contributed by atoms with Crippen molar-refractivity contribution in [2.75, 3.05) is 19.8 Å². The quantitative estimate of drug-likeness (QED) is 0.696. The Labute approximate surface area is 152 Å². The minimum atomic E-state index is -2.96. The third-order valence-corrected chi connectivity index (χ3v) is 4.26. The number of benzene rings is 1. The van der Waals surface area contributed by atoms with Crippen LogP contribution in [0.2, 0.25) is 0 Å². The molecule has 0 aliphatic carbocycles. The van der Waals surface area contributed by atoms with Gasteiger partial charge in [0.15, 0.2) is 0 Å². The van der Waals surface area contributed by atoms with Gasteiger partial charge in [-0.05, 0) is 37.3 Å². The summed E-state index contributed by atoms with van der Waals surface area (Å²) in [6.07, 6.45) is 2.27. The molecule has 1 aliphatic heterocycles. The van der Waals surface area contributed by atoms with Gasteiger partial charge in [-0.25, -0.2) is 0 Å². The number of halogens is 2. The maximum atomic E-state index is 12.7. The molecule has 26 heavy (non-hydrogen) atoms. The Morgan fingerprint density at radius 1 is 1.38 bits per heavy atom. The van der Waals surface area contributed by atoms with Gasteiger partial charge in [0.1, 0.15) is 11.5 Å². The SMILES string of the molecule is CCCOc1ccc(CNC(=O)C(N)C2CCOCC2)c(OC(F)F)c1. The van der Waals surface area contributed by atoms with E-state index < -0.39 is 12.7 Å². The zero-order valence-electron chi connectivity index (χ0n) is 14.9. The van der Waals surface area contributed by atoms with Crippen LogP contribution in [0.5, 0.6) is 11.5 Å². The summed E-state index contributed by atoms with van der Waals surface area (Å²) in [4.78, 5) is 12.3. The molecule has 1 aliphatic rings. The van der Waals surface area contributed by atoms with E-state index in [4.69, 9.17) is 15.2 Å². The predicted octanol–water partition coefficient (Wildman–Crippen LogP) is 2.45. The minimum Gasteiger partial charge on any atom is -0.493 e. The van der Waals surface area contributed by atoms with Crippen LogP contribution in [-0.4, -0.2) is 38.4 Å². The molecule has 1 fully saturated rings. The normalized spacial score (nSPS) is 16.3. The zero-order chi connectivity index (χ0) is 18.9. The van der Waals surface area contributed by atoms with E-state index in [0.717, 1.165) is 19.3 Å². The summed E-state index contributed by atoms with van der Waals surface area (Å²) in [6.45, 7) is 0.697. The highest BCUT2D eigenvalue weighted by molar-refractivity contribution is 5.81. The van der Waals surface area contributed by atoms with E-state index in [-0.39, 0.29) is 24.1 Å². The maximum absolute atomic E-state index is 12.7. The summed E-state index contributed by atoms with van der Waals surface area (Å²) in [7, 11) is 0. The largest absolute Gasteiger partial charge is 0.493 e. The Bertz CT molecular complexity index is 580.